The molecule has 0 aromatic heterocycles. The molecule has 2 aliphatic rings. The Labute approximate surface area is 172 Å². The Morgan fingerprint density at radius 3 is 2.41 bits per heavy atom. The summed E-state index contributed by atoms with van der Waals surface area (Å²) < 4.78 is 0. The van der Waals surface area contributed by atoms with Gasteiger partial charge in [-0.2, -0.15) is 0 Å². The zero-order valence-electron chi connectivity index (χ0n) is 16.8. The van der Waals surface area contributed by atoms with Crippen molar-refractivity contribution in [1.29, 1.82) is 0 Å². The molecule has 140 valence electrons. The van der Waals surface area contributed by atoms with Gasteiger partial charge in [-0.1, -0.05) is 78.4 Å². The highest BCUT2D eigenvalue weighted by molar-refractivity contribution is 6.03. The molecule has 0 nitrogen and oxygen atoms in total. The van der Waals surface area contributed by atoms with Gasteiger partial charge in [-0.05, 0) is 93.6 Å². The van der Waals surface area contributed by atoms with Gasteiger partial charge in [-0.15, -0.1) is 0 Å². The lowest BCUT2D eigenvalue weighted by Gasteiger charge is -2.26. The first kappa shape index (κ1) is 16.8. The maximum absolute atomic E-state index is 2.38. The van der Waals surface area contributed by atoms with Gasteiger partial charge in [0.05, 0.1) is 0 Å². The highest BCUT2D eigenvalue weighted by atomic mass is 14.3. The topological polar surface area (TPSA) is 0 Å². The molecule has 0 amide bonds. The summed E-state index contributed by atoms with van der Waals surface area (Å²) in [5.74, 6) is 0. The predicted octanol–water partition coefficient (Wildman–Crippen LogP) is 8.02. The van der Waals surface area contributed by atoms with Gasteiger partial charge in [-0.3, -0.25) is 0 Å². The first-order valence-electron chi connectivity index (χ1n) is 10.7. The zero-order chi connectivity index (χ0) is 19.4. The van der Waals surface area contributed by atoms with Crippen molar-refractivity contribution in [3.63, 3.8) is 0 Å². The van der Waals surface area contributed by atoms with Crippen LogP contribution in [0.4, 0.5) is 0 Å². The van der Waals surface area contributed by atoms with Crippen LogP contribution in [0.15, 0.2) is 84.5 Å². The van der Waals surface area contributed by atoms with Crippen LogP contribution in [0.5, 0.6) is 0 Å². The average molecular weight is 373 g/mol. The average Bonchev–Trinajstić information content (AvgIpc) is 2.78. The molecule has 0 saturated heterocycles. The van der Waals surface area contributed by atoms with E-state index < -0.39 is 0 Å². The monoisotopic (exact) mass is 372 g/mol. The van der Waals surface area contributed by atoms with E-state index in [4.69, 9.17) is 0 Å². The second-order valence-corrected chi connectivity index (χ2v) is 8.46. The fourth-order valence-corrected chi connectivity index (χ4v) is 5.35. The highest BCUT2D eigenvalue weighted by Crippen LogP contribution is 2.42. The summed E-state index contributed by atoms with van der Waals surface area (Å²) >= 11 is 0. The van der Waals surface area contributed by atoms with Crippen LogP contribution in [-0.4, -0.2) is 0 Å². The lowest BCUT2D eigenvalue weighted by Crippen LogP contribution is -2.07. The molecule has 4 aromatic carbocycles. The van der Waals surface area contributed by atoms with Gasteiger partial charge < -0.3 is 0 Å². The molecule has 0 radical (unpaired) electrons. The van der Waals surface area contributed by atoms with Gasteiger partial charge in [0, 0.05) is 0 Å². The Bertz CT molecular complexity index is 1350. The smallest absolute Gasteiger partial charge is 0.0102 e. The number of hydrogen-bond acceptors (Lipinski definition) is 0. The van der Waals surface area contributed by atoms with E-state index in [0.29, 0.717) is 0 Å². The molecule has 0 aliphatic heterocycles. The van der Waals surface area contributed by atoms with E-state index in [0.717, 1.165) is 0 Å². The molecule has 0 heteroatoms. The maximum Gasteiger partial charge on any atom is -0.0102 e. The lowest BCUT2D eigenvalue weighted by molar-refractivity contribution is 0.831. The lowest BCUT2D eigenvalue weighted by atomic mass is 9.79. The number of benzene rings is 4. The van der Waals surface area contributed by atoms with Crippen LogP contribution in [0.2, 0.25) is 0 Å². The summed E-state index contributed by atoms with van der Waals surface area (Å²) in [5, 5.41) is 5.44. The Morgan fingerprint density at radius 2 is 1.52 bits per heavy atom. The standard InChI is InChI=1S/C29H24/c1-19-17-21-8-2-3-9-22(21)18-29(19)25-12-6-11-24-27-14-13-20-7-4-5-10-23(20)26(27)15-16-28(24)25/h2-3,5-6,8-12,15-18H,4,7,13-14H2,1H3. The summed E-state index contributed by atoms with van der Waals surface area (Å²) in [6, 6.07) is 25.0. The molecule has 0 saturated carbocycles. The predicted molar refractivity (Wildman–Crippen MR) is 125 cm³/mol. The van der Waals surface area contributed by atoms with Crippen LogP contribution in [0.3, 0.4) is 0 Å². The van der Waals surface area contributed by atoms with Crippen molar-refractivity contribution < 1.29 is 0 Å². The minimum absolute atomic E-state index is 1.17. The third kappa shape index (κ3) is 2.59. The van der Waals surface area contributed by atoms with E-state index >= 15 is 0 Å². The van der Waals surface area contributed by atoms with E-state index in [-0.39, 0.29) is 0 Å². The Morgan fingerprint density at radius 1 is 0.655 bits per heavy atom. The molecule has 29 heavy (non-hydrogen) atoms. The van der Waals surface area contributed by atoms with E-state index in [1.165, 1.54) is 80.6 Å². The summed E-state index contributed by atoms with van der Waals surface area (Å²) in [5.41, 5.74) is 10.2. The molecule has 0 N–H and O–H groups in total. The molecule has 0 atom stereocenters. The third-order valence-corrected chi connectivity index (χ3v) is 6.80. The Kier molecular flexibility index (Phi) is 3.74. The van der Waals surface area contributed by atoms with Gasteiger partial charge in [0.1, 0.15) is 0 Å². The van der Waals surface area contributed by atoms with Gasteiger partial charge in [-0.25, -0.2) is 0 Å². The molecule has 4 aromatic rings. The van der Waals surface area contributed by atoms with Crippen LogP contribution < -0.4 is 0 Å². The van der Waals surface area contributed by atoms with Crippen molar-refractivity contribution in [1.82, 2.24) is 0 Å². The molecule has 0 unspecified atom stereocenters. The van der Waals surface area contributed by atoms with Gasteiger partial charge >= 0.3 is 0 Å². The molecule has 0 heterocycles. The minimum atomic E-state index is 1.17. The molecule has 0 bridgehead atoms. The zero-order valence-corrected chi connectivity index (χ0v) is 16.8. The molecule has 2 aliphatic carbocycles. The minimum Gasteiger partial charge on any atom is -0.0836 e. The van der Waals surface area contributed by atoms with Gasteiger partial charge in [0.15, 0.2) is 0 Å². The summed E-state index contributed by atoms with van der Waals surface area (Å²) in [4.78, 5) is 0. The maximum atomic E-state index is 2.38. The van der Waals surface area contributed by atoms with Crippen molar-refractivity contribution in [2.24, 2.45) is 0 Å². The first-order valence-corrected chi connectivity index (χ1v) is 10.7. The number of fused-ring (bicyclic) bond motifs is 5. The molecular weight excluding hydrogens is 348 g/mol. The van der Waals surface area contributed by atoms with Gasteiger partial charge in [0.25, 0.3) is 0 Å². The molecule has 0 spiro atoms. The third-order valence-electron chi connectivity index (χ3n) is 6.80. The van der Waals surface area contributed by atoms with Crippen molar-refractivity contribution in [2.75, 3.05) is 0 Å². The van der Waals surface area contributed by atoms with Crippen LogP contribution >= 0.6 is 0 Å². The van der Waals surface area contributed by atoms with Crippen LogP contribution in [0.25, 0.3) is 38.2 Å². The molecular formula is C29H24. The van der Waals surface area contributed by atoms with Crippen LogP contribution in [0, 0.1) is 6.92 Å². The Hall–Kier alpha value is -3.12. The van der Waals surface area contributed by atoms with E-state index in [9.17, 15) is 0 Å². The van der Waals surface area contributed by atoms with E-state index in [2.05, 4.69) is 85.8 Å². The fourth-order valence-electron chi connectivity index (χ4n) is 5.35. The van der Waals surface area contributed by atoms with Gasteiger partial charge in [0.2, 0.25) is 0 Å². The summed E-state index contributed by atoms with van der Waals surface area (Å²) in [7, 11) is 0. The van der Waals surface area contributed by atoms with Crippen molar-refractivity contribution in [3.05, 3.63) is 101 Å². The summed E-state index contributed by atoms with van der Waals surface area (Å²) in [6.07, 6.45) is 9.52. The molecule has 6 rings (SSSR count). The van der Waals surface area contributed by atoms with Crippen molar-refractivity contribution >= 4 is 27.1 Å². The van der Waals surface area contributed by atoms with E-state index in [1.54, 1.807) is 5.57 Å². The van der Waals surface area contributed by atoms with E-state index in [1.807, 2.05) is 0 Å². The number of allylic oxidation sites excluding steroid dienone is 4. The quantitative estimate of drug-likeness (QED) is 0.317. The molecule has 0 fully saturated rings. The normalized spacial score (nSPS) is 15.6. The number of rotatable bonds is 1. The largest absolute Gasteiger partial charge is 0.0836 e. The fraction of sp³-hybridized carbons (Fsp3) is 0.172. The second-order valence-electron chi connectivity index (χ2n) is 8.46. The highest BCUT2D eigenvalue weighted by Gasteiger charge is 2.21. The van der Waals surface area contributed by atoms with Crippen LogP contribution in [-0.2, 0) is 6.42 Å². The van der Waals surface area contributed by atoms with Crippen molar-refractivity contribution in [3.8, 4) is 11.1 Å². The van der Waals surface area contributed by atoms with Crippen LogP contribution in [0.1, 0.15) is 36.0 Å². The summed E-state index contributed by atoms with van der Waals surface area (Å²) in [6.45, 7) is 2.24. The number of aryl methyl sites for hydroxylation is 2. The second kappa shape index (κ2) is 6.46. The van der Waals surface area contributed by atoms with Crippen molar-refractivity contribution in [2.45, 2.75) is 32.6 Å². The SMILES string of the molecule is Cc1cc2ccccc2cc1-c1cccc2c3c(ccc12)C1=C(CCC=C1)CC3. The first-order chi connectivity index (χ1) is 14.3. The Balaban J connectivity index is 1.60. The number of hydrogen-bond donors (Lipinski definition) is 0.